The van der Waals surface area contributed by atoms with Crippen LogP contribution in [0.25, 0.3) is 22.4 Å². The number of nitrogens with zero attached hydrogens (tertiary/aromatic N) is 1. The van der Waals surface area contributed by atoms with Gasteiger partial charge in [-0.05, 0) is 49.5 Å². The lowest BCUT2D eigenvalue weighted by Gasteiger charge is -2.09. The summed E-state index contributed by atoms with van der Waals surface area (Å²) in [6.07, 6.45) is 7.59. The zero-order chi connectivity index (χ0) is 15.8. The number of hydrogen-bond donors (Lipinski definition) is 1. The van der Waals surface area contributed by atoms with E-state index in [9.17, 15) is 9.18 Å². The average molecular weight is 326 g/mol. The van der Waals surface area contributed by atoms with Crippen LogP contribution in [0.3, 0.4) is 0 Å². The molecule has 2 heterocycles. The van der Waals surface area contributed by atoms with E-state index in [1.54, 1.807) is 41.7 Å². The maximum atomic E-state index is 13.6. The Morgan fingerprint density at radius 3 is 2.87 bits per heavy atom. The van der Waals surface area contributed by atoms with Gasteiger partial charge in [-0.1, -0.05) is 18.2 Å². The largest absolute Gasteiger partial charge is 0.306 e. The number of halogens is 1. The Bertz CT molecular complexity index is 971. The van der Waals surface area contributed by atoms with Crippen molar-refractivity contribution in [2.75, 3.05) is 0 Å². The monoisotopic (exact) mass is 326 g/mol. The molecule has 0 amide bonds. The number of H-pyrrole nitrogens is 1. The first-order chi connectivity index (χ1) is 11.2. The number of fused-ring (bicyclic) bond motifs is 3. The van der Waals surface area contributed by atoms with Gasteiger partial charge in [0.2, 0.25) is 0 Å². The molecule has 1 N–H and O–H groups in total. The van der Waals surface area contributed by atoms with Crippen molar-refractivity contribution in [2.24, 2.45) is 0 Å². The number of aromatic nitrogens is 2. The first kappa shape index (κ1) is 14.3. The smallest absolute Gasteiger partial charge is 0.260 e. The summed E-state index contributed by atoms with van der Waals surface area (Å²) in [6.45, 7) is 0. The normalized spacial score (nSPS) is 14.5. The molecular weight excluding hydrogens is 311 g/mol. The molecule has 0 saturated heterocycles. The summed E-state index contributed by atoms with van der Waals surface area (Å²) in [5.41, 5.74) is 1.55. The quantitative estimate of drug-likeness (QED) is 0.768. The summed E-state index contributed by atoms with van der Waals surface area (Å²) in [7, 11) is 0. The summed E-state index contributed by atoms with van der Waals surface area (Å²) in [5, 5.41) is 0.743. The third-order valence-corrected chi connectivity index (χ3v) is 5.36. The Morgan fingerprint density at radius 2 is 2.00 bits per heavy atom. The average Bonchev–Trinajstić information content (AvgIpc) is 2.93. The van der Waals surface area contributed by atoms with Crippen LogP contribution in [0.5, 0.6) is 0 Å². The van der Waals surface area contributed by atoms with Gasteiger partial charge in [0.05, 0.1) is 5.39 Å². The van der Waals surface area contributed by atoms with Crippen molar-refractivity contribution < 1.29 is 4.39 Å². The molecule has 0 fully saturated rings. The molecule has 3 nitrogen and oxygen atoms in total. The van der Waals surface area contributed by atoms with Crippen molar-refractivity contribution in [2.45, 2.75) is 25.7 Å². The van der Waals surface area contributed by atoms with Gasteiger partial charge in [-0.15, -0.1) is 11.3 Å². The summed E-state index contributed by atoms with van der Waals surface area (Å²) in [4.78, 5) is 21.8. The molecule has 0 unspecified atom stereocenters. The molecule has 1 aromatic carbocycles. The van der Waals surface area contributed by atoms with Gasteiger partial charge in [0, 0.05) is 10.4 Å². The van der Waals surface area contributed by atoms with Gasteiger partial charge in [0.1, 0.15) is 16.5 Å². The van der Waals surface area contributed by atoms with Crippen LogP contribution in [0.15, 0.2) is 29.1 Å². The van der Waals surface area contributed by atoms with Crippen molar-refractivity contribution in [3.8, 4) is 0 Å². The summed E-state index contributed by atoms with van der Waals surface area (Å²) in [6, 6.07) is 6.52. The van der Waals surface area contributed by atoms with E-state index in [0.717, 1.165) is 29.5 Å². The molecule has 5 heteroatoms. The van der Waals surface area contributed by atoms with Crippen LogP contribution in [0.1, 0.15) is 34.7 Å². The van der Waals surface area contributed by atoms with Crippen LogP contribution in [-0.4, -0.2) is 9.97 Å². The molecule has 116 valence electrons. The van der Waals surface area contributed by atoms with Gasteiger partial charge < -0.3 is 4.98 Å². The highest BCUT2D eigenvalue weighted by Crippen LogP contribution is 2.33. The van der Waals surface area contributed by atoms with E-state index in [2.05, 4.69) is 9.97 Å². The molecule has 4 rings (SSSR count). The second-order valence-corrected chi connectivity index (χ2v) is 6.78. The molecule has 1 aliphatic carbocycles. The molecule has 0 spiro atoms. The standard InChI is InChI=1S/C18H15FN2OS/c19-13-7-3-1-5-11(13)9-10-15-20-17(22)16-12-6-2-4-8-14(12)23-18(16)21-15/h1,3,5,7,9-10H,2,4,6,8H2,(H,20,21,22)/b10-9+. The zero-order valence-corrected chi connectivity index (χ0v) is 13.3. The Labute approximate surface area is 136 Å². The van der Waals surface area contributed by atoms with E-state index in [1.807, 2.05) is 0 Å². The summed E-state index contributed by atoms with van der Waals surface area (Å²) in [5.74, 6) is 0.170. The van der Waals surface area contributed by atoms with Crippen molar-refractivity contribution in [1.29, 1.82) is 0 Å². The molecular formula is C18H15FN2OS. The summed E-state index contributed by atoms with van der Waals surface area (Å²) < 4.78 is 13.6. The minimum absolute atomic E-state index is 0.0948. The van der Waals surface area contributed by atoms with Crippen LogP contribution in [0, 0.1) is 5.82 Å². The number of hydrogen-bond acceptors (Lipinski definition) is 3. The molecule has 0 saturated carbocycles. The highest BCUT2D eigenvalue weighted by molar-refractivity contribution is 7.18. The van der Waals surface area contributed by atoms with Crippen LogP contribution < -0.4 is 5.56 Å². The molecule has 2 aromatic heterocycles. The van der Waals surface area contributed by atoms with E-state index in [4.69, 9.17) is 0 Å². The van der Waals surface area contributed by atoms with E-state index >= 15 is 0 Å². The minimum Gasteiger partial charge on any atom is -0.306 e. The number of aromatic amines is 1. The Kier molecular flexibility index (Phi) is 3.58. The number of aryl methyl sites for hydroxylation is 2. The molecule has 23 heavy (non-hydrogen) atoms. The van der Waals surface area contributed by atoms with Crippen LogP contribution in [-0.2, 0) is 12.8 Å². The van der Waals surface area contributed by atoms with E-state index in [0.29, 0.717) is 11.4 Å². The number of thiophene rings is 1. The van der Waals surface area contributed by atoms with Crippen molar-refractivity contribution in [3.05, 3.63) is 62.3 Å². The topological polar surface area (TPSA) is 45.8 Å². The van der Waals surface area contributed by atoms with E-state index in [-0.39, 0.29) is 11.4 Å². The third kappa shape index (κ3) is 2.61. The number of nitrogens with one attached hydrogen (secondary N) is 1. The highest BCUT2D eigenvalue weighted by atomic mass is 32.1. The van der Waals surface area contributed by atoms with Gasteiger partial charge >= 0.3 is 0 Å². The van der Waals surface area contributed by atoms with Crippen molar-refractivity contribution in [3.63, 3.8) is 0 Å². The van der Waals surface area contributed by atoms with Gasteiger partial charge in [0.15, 0.2) is 0 Å². The predicted molar refractivity (Wildman–Crippen MR) is 92.2 cm³/mol. The molecule has 0 atom stereocenters. The maximum absolute atomic E-state index is 13.6. The van der Waals surface area contributed by atoms with Crippen LogP contribution in [0.4, 0.5) is 4.39 Å². The first-order valence-electron chi connectivity index (χ1n) is 7.69. The third-order valence-electron chi connectivity index (χ3n) is 4.17. The fourth-order valence-corrected chi connectivity index (χ4v) is 4.31. The van der Waals surface area contributed by atoms with E-state index in [1.165, 1.54) is 22.9 Å². The minimum atomic E-state index is -0.293. The van der Waals surface area contributed by atoms with Crippen LogP contribution in [0.2, 0.25) is 0 Å². The Hall–Kier alpha value is -2.27. The van der Waals surface area contributed by atoms with Gasteiger partial charge in [-0.3, -0.25) is 4.79 Å². The maximum Gasteiger partial charge on any atom is 0.260 e. The predicted octanol–water partition coefficient (Wildman–Crippen LogP) is 4.17. The fourth-order valence-electron chi connectivity index (χ4n) is 3.04. The molecule has 3 aromatic rings. The van der Waals surface area contributed by atoms with E-state index < -0.39 is 0 Å². The number of benzene rings is 1. The Morgan fingerprint density at radius 1 is 1.17 bits per heavy atom. The molecule has 0 bridgehead atoms. The molecule has 1 aliphatic rings. The second-order valence-electron chi connectivity index (χ2n) is 5.70. The van der Waals surface area contributed by atoms with Gasteiger partial charge in [-0.25, -0.2) is 9.37 Å². The summed E-state index contributed by atoms with van der Waals surface area (Å²) >= 11 is 1.61. The first-order valence-corrected chi connectivity index (χ1v) is 8.51. The Balaban J connectivity index is 1.77. The van der Waals surface area contributed by atoms with Gasteiger partial charge in [0.25, 0.3) is 5.56 Å². The fraction of sp³-hybridized carbons (Fsp3) is 0.222. The van der Waals surface area contributed by atoms with Gasteiger partial charge in [-0.2, -0.15) is 0 Å². The lowest BCUT2D eigenvalue weighted by Crippen LogP contribution is -2.11. The lowest BCUT2D eigenvalue weighted by molar-refractivity contribution is 0.625. The SMILES string of the molecule is O=c1[nH]c(/C=C/c2ccccc2F)nc2sc3c(c12)CCCC3. The molecule has 0 radical (unpaired) electrons. The zero-order valence-electron chi connectivity index (χ0n) is 12.4. The molecule has 0 aliphatic heterocycles. The van der Waals surface area contributed by atoms with Crippen LogP contribution >= 0.6 is 11.3 Å². The van der Waals surface area contributed by atoms with Crippen molar-refractivity contribution in [1.82, 2.24) is 9.97 Å². The lowest BCUT2D eigenvalue weighted by atomic mass is 9.97. The second kappa shape index (κ2) is 5.74. The highest BCUT2D eigenvalue weighted by Gasteiger charge is 2.19. The van der Waals surface area contributed by atoms with Crippen molar-refractivity contribution >= 4 is 33.7 Å². The number of rotatable bonds is 2.